The number of aromatic nitrogens is 2. The molecule has 5 nitrogen and oxygen atoms in total. The number of guanidine groups is 1. The lowest BCUT2D eigenvalue weighted by Gasteiger charge is -2.07. The fourth-order valence-corrected chi connectivity index (χ4v) is 2.41. The third-order valence-electron chi connectivity index (χ3n) is 3.85. The van der Waals surface area contributed by atoms with Gasteiger partial charge in [0.05, 0.1) is 11.0 Å². The van der Waals surface area contributed by atoms with Crippen molar-refractivity contribution >= 4 is 22.7 Å². The molecular weight excluding hydrogens is 286 g/mol. The van der Waals surface area contributed by atoms with Crippen molar-refractivity contribution in [1.29, 1.82) is 0 Å². The minimum absolute atomic E-state index is 0.421. The molecule has 5 heteroatoms. The van der Waals surface area contributed by atoms with Crippen molar-refractivity contribution in [2.24, 2.45) is 10.7 Å². The van der Waals surface area contributed by atoms with Crippen LogP contribution in [0.2, 0.25) is 0 Å². The van der Waals surface area contributed by atoms with Crippen molar-refractivity contribution in [2.75, 3.05) is 11.9 Å². The number of aryl methyl sites for hydroxylation is 2. The van der Waals surface area contributed by atoms with Crippen molar-refractivity contribution in [3.05, 3.63) is 59.4 Å². The molecule has 3 aromatic rings. The molecule has 0 spiro atoms. The van der Waals surface area contributed by atoms with Crippen LogP contribution in [0.4, 0.5) is 5.69 Å². The van der Waals surface area contributed by atoms with E-state index in [4.69, 9.17) is 5.73 Å². The molecule has 0 aliphatic heterocycles. The molecule has 0 saturated carbocycles. The smallest absolute Gasteiger partial charge is 0.193 e. The molecule has 118 valence electrons. The van der Waals surface area contributed by atoms with E-state index in [0.717, 1.165) is 29.0 Å². The zero-order chi connectivity index (χ0) is 16.2. The van der Waals surface area contributed by atoms with E-state index in [-0.39, 0.29) is 0 Å². The summed E-state index contributed by atoms with van der Waals surface area (Å²) in [5, 5.41) is 3.12. The maximum absolute atomic E-state index is 5.94. The Kier molecular flexibility index (Phi) is 4.28. The summed E-state index contributed by atoms with van der Waals surface area (Å²) in [6.45, 7) is 4.75. The quantitative estimate of drug-likeness (QED) is 0.512. The molecule has 3 rings (SSSR count). The van der Waals surface area contributed by atoms with Crippen molar-refractivity contribution < 1.29 is 0 Å². The Bertz CT molecular complexity index is 814. The number of aliphatic imine (C=N–C) groups is 1. The summed E-state index contributed by atoms with van der Waals surface area (Å²) in [6.07, 6.45) is 0.726. The normalized spacial score (nSPS) is 11.8. The summed E-state index contributed by atoms with van der Waals surface area (Å²) >= 11 is 0. The first-order valence-corrected chi connectivity index (χ1v) is 7.69. The first-order chi connectivity index (χ1) is 11.1. The predicted molar refractivity (Wildman–Crippen MR) is 95.8 cm³/mol. The van der Waals surface area contributed by atoms with Crippen LogP contribution in [0.5, 0.6) is 0 Å². The summed E-state index contributed by atoms with van der Waals surface area (Å²) in [4.78, 5) is 12.2. The Morgan fingerprint density at radius 2 is 2.00 bits per heavy atom. The number of nitrogens with two attached hydrogens (primary N) is 1. The number of nitrogens with one attached hydrogen (secondary N) is 2. The second-order valence-electron chi connectivity index (χ2n) is 5.64. The molecule has 2 aromatic carbocycles. The summed E-state index contributed by atoms with van der Waals surface area (Å²) in [7, 11) is 0. The van der Waals surface area contributed by atoms with E-state index >= 15 is 0 Å². The molecule has 1 heterocycles. The van der Waals surface area contributed by atoms with Crippen LogP contribution in [0, 0.1) is 13.8 Å². The van der Waals surface area contributed by atoms with Crippen LogP contribution in [0.15, 0.2) is 47.5 Å². The van der Waals surface area contributed by atoms with Crippen molar-refractivity contribution in [1.82, 2.24) is 9.97 Å². The van der Waals surface area contributed by atoms with Gasteiger partial charge in [0.25, 0.3) is 0 Å². The van der Waals surface area contributed by atoms with E-state index in [1.807, 2.05) is 30.3 Å². The van der Waals surface area contributed by atoms with Crippen LogP contribution in [-0.2, 0) is 6.42 Å². The summed E-state index contributed by atoms with van der Waals surface area (Å²) in [6, 6.07) is 14.1. The van der Waals surface area contributed by atoms with Gasteiger partial charge in [-0.15, -0.1) is 0 Å². The van der Waals surface area contributed by atoms with Crippen molar-refractivity contribution in [3.8, 4) is 0 Å². The van der Waals surface area contributed by atoms with Gasteiger partial charge in [0.1, 0.15) is 5.82 Å². The van der Waals surface area contributed by atoms with Crippen LogP contribution in [0.25, 0.3) is 11.0 Å². The molecule has 4 N–H and O–H groups in total. The molecular formula is C18H21N5. The molecule has 0 fully saturated rings. The highest BCUT2D eigenvalue weighted by Gasteiger charge is 2.02. The number of hydrogen-bond donors (Lipinski definition) is 3. The molecule has 0 saturated heterocycles. The molecule has 0 amide bonds. The van der Waals surface area contributed by atoms with E-state index in [2.05, 4.69) is 46.3 Å². The average Bonchev–Trinajstić information content (AvgIpc) is 2.93. The van der Waals surface area contributed by atoms with Crippen molar-refractivity contribution in [3.63, 3.8) is 0 Å². The van der Waals surface area contributed by atoms with Gasteiger partial charge in [-0.25, -0.2) is 4.98 Å². The lowest BCUT2D eigenvalue weighted by Crippen LogP contribution is -2.23. The zero-order valence-electron chi connectivity index (χ0n) is 13.4. The number of rotatable bonds is 4. The minimum Gasteiger partial charge on any atom is -0.370 e. The maximum atomic E-state index is 5.94. The molecule has 1 aromatic heterocycles. The summed E-state index contributed by atoms with van der Waals surface area (Å²) < 4.78 is 0. The summed E-state index contributed by atoms with van der Waals surface area (Å²) in [5.41, 5.74) is 11.4. The van der Waals surface area contributed by atoms with E-state index in [9.17, 15) is 0 Å². The van der Waals surface area contributed by atoms with Crippen LogP contribution >= 0.6 is 0 Å². The van der Waals surface area contributed by atoms with E-state index in [1.165, 1.54) is 11.1 Å². The van der Waals surface area contributed by atoms with Gasteiger partial charge in [0.15, 0.2) is 5.96 Å². The van der Waals surface area contributed by atoms with Gasteiger partial charge in [-0.2, -0.15) is 0 Å². The molecule has 0 aliphatic rings. The highest BCUT2D eigenvalue weighted by Crippen LogP contribution is 2.14. The Morgan fingerprint density at radius 3 is 2.78 bits per heavy atom. The number of H-pyrrole nitrogens is 1. The SMILES string of the molecule is Cc1ccc(NC(N)=NCCc2nc3ccccc3[nH]2)cc1C. The molecule has 0 atom stereocenters. The highest BCUT2D eigenvalue weighted by molar-refractivity contribution is 5.92. The van der Waals surface area contributed by atoms with E-state index in [1.54, 1.807) is 0 Å². The number of para-hydroxylation sites is 2. The van der Waals surface area contributed by atoms with Gasteiger partial charge < -0.3 is 16.0 Å². The van der Waals surface area contributed by atoms with E-state index in [0.29, 0.717) is 12.5 Å². The first-order valence-electron chi connectivity index (χ1n) is 7.69. The van der Waals surface area contributed by atoms with Gasteiger partial charge >= 0.3 is 0 Å². The van der Waals surface area contributed by atoms with Crippen LogP contribution in [0.1, 0.15) is 17.0 Å². The standard InChI is InChI=1S/C18H21N5/c1-12-7-8-14(11-13(12)2)21-18(19)20-10-9-17-22-15-5-3-4-6-16(15)23-17/h3-8,11H,9-10H2,1-2H3,(H,22,23)(H3,19,20,21). The molecule has 0 aliphatic carbocycles. The Morgan fingerprint density at radius 1 is 1.17 bits per heavy atom. The first kappa shape index (κ1) is 15.1. The van der Waals surface area contributed by atoms with Gasteiger partial charge in [0, 0.05) is 18.7 Å². The van der Waals surface area contributed by atoms with Crippen LogP contribution in [0.3, 0.4) is 0 Å². The highest BCUT2D eigenvalue weighted by atomic mass is 15.1. The molecule has 0 unspecified atom stereocenters. The number of fused-ring (bicyclic) bond motifs is 1. The fourth-order valence-electron chi connectivity index (χ4n) is 2.41. The monoisotopic (exact) mass is 307 g/mol. The van der Waals surface area contributed by atoms with Crippen LogP contribution < -0.4 is 11.1 Å². The predicted octanol–water partition coefficient (Wildman–Crippen LogP) is 3.15. The second kappa shape index (κ2) is 6.52. The van der Waals surface area contributed by atoms with Gasteiger partial charge in [-0.1, -0.05) is 18.2 Å². The average molecular weight is 307 g/mol. The number of aromatic amines is 1. The largest absolute Gasteiger partial charge is 0.370 e. The maximum Gasteiger partial charge on any atom is 0.193 e. The molecule has 0 bridgehead atoms. The van der Waals surface area contributed by atoms with Crippen molar-refractivity contribution in [2.45, 2.75) is 20.3 Å². The second-order valence-corrected chi connectivity index (χ2v) is 5.64. The number of imidazole rings is 1. The zero-order valence-corrected chi connectivity index (χ0v) is 13.4. The summed E-state index contributed by atoms with van der Waals surface area (Å²) in [5.74, 6) is 1.35. The number of anilines is 1. The van der Waals surface area contributed by atoms with Gasteiger partial charge in [-0.05, 0) is 49.2 Å². The van der Waals surface area contributed by atoms with Gasteiger partial charge in [0.2, 0.25) is 0 Å². The third kappa shape index (κ3) is 3.69. The van der Waals surface area contributed by atoms with E-state index < -0.39 is 0 Å². The molecule has 0 radical (unpaired) electrons. The number of benzene rings is 2. The lowest BCUT2D eigenvalue weighted by molar-refractivity contribution is 0.898. The third-order valence-corrected chi connectivity index (χ3v) is 3.85. The Hall–Kier alpha value is -2.82. The Balaban J connectivity index is 1.59. The minimum atomic E-state index is 0.421. The topological polar surface area (TPSA) is 79.1 Å². The number of nitrogens with zero attached hydrogens (tertiary/aromatic N) is 2. The lowest BCUT2D eigenvalue weighted by atomic mass is 10.1. The van der Waals surface area contributed by atoms with Gasteiger partial charge in [-0.3, -0.25) is 4.99 Å². The molecule has 23 heavy (non-hydrogen) atoms. The van der Waals surface area contributed by atoms with Crippen LogP contribution in [-0.4, -0.2) is 22.5 Å². The number of hydrogen-bond acceptors (Lipinski definition) is 2. The fraction of sp³-hybridized carbons (Fsp3) is 0.222. The Labute approximate surface area is 135 Å².